The van der Waals surface area contributed by atoms with Gasteiger partial charge in [-0.05, 0) is 36.4 Å². The minimum absolute atomic E-state index is 0.00463. The molecule has 1 saturated carbocycles. The van der Waals surface area contributed by atoms with E-state index < -0.39 is 0 Å². The third-order valence-corrected chi connectivity index (χ3v) is 2.31. The second-order valence-electron chi connectivity index (χ2n) is 3.42. The van der Waals surface area contributed by atoms with Crippen molar-refractivity contribution < 1.29 is 9.59 Å². The molecule has 0 bridgehead atoms. The lowest BCUT2D eigenvalue weighted by molar-refractivity contribution is -0.120. The maximum atomic E-state index is 10.6. The summed E-state index contributed by atoms with van der Waals surface area (Å²) in [5, 5.41) is 2.72. The summed E-state index contributed by atoms with van der Waals surface area (Å²) in [4.78, 5) is 19.8. The first-order chi connectivity index (χ1) is 6.02. The van der Waals surface area contributed by atoms with E-state index in [-0.39, 0.29) is 17.2 Å². The third kappa shape index (κ3) is 2.97. The number of hydrogen-bond acceptors (Lipinski definition) is 3. The standard InChI is InChI=1S/C6H10N2O.C2H3ClO/c7-6(9)5-4-1-3(4)2-8-5;1-2(3)4/h3-5,8H,1-2H2,(H2,7,9);1H3. The summed E-state index contributed by atoms with van der Waals surface area (Å²) in [6, 6.07) is -0.00463. The zero-order valence-electron chi connectivity index (χ0n) is 7.42. The number of rotatable bonds is 1. The van der Waals surface area contributed by atoms with E-state index in [2.05, 4.69) is 16.9 Å². The van der Waals surface area contributed by atoms with Crippen LogP contribution >= 0.6 is 11.6 Å². The second-order valence-corrected chi connectivity index (χ2v) is 3.95. The van der Waals surface area contributed by atoms with Crippen LogP contribution in [0.2, 0.25) is 0 Å². The average Bonchev–Trinajstić information content (AvgIpc) is 2.60. The maximum absolute atomic E-state index is 10.6. The Labute approximate surface area is 81.8 Å². The molecule has 74 valence electrons. The number of carbonyl (C=O) groups excluding carboxylic acids is 2. The summed E-state index contributed by atoms with van der Waals surface area (Å²) in [5.41, 5.74) is 5.11. The molecule has 2 fully saturated rings. The number of hydrogen-bond donors (Lipinski definition) is 2. The van der Waals surface area contributed by atoms with Gasteiger partial charge in [0.1, 0.15) is 0 Å². The summed E-state index contributed by atoms with van der Waals surface area (Å²) in [6.45, 7) is 2.29. The Morgan fingerprint density at radius 2 is 2.08 bits per heavy atom. The lowest BCUT2D eigenvalue weighted by Gasteiger charge is -2.06. The Hall–Kier alpha value is -0.610. The molecule has 4 nitrogen and oxygen atoms in total. The lowest BCUT2D eigenvalue weighted by Crippen LogP contribution is -2.39. The van der Waals surface area contributed by atoms with Crippen molar-refractivity contribution in [2.75, 3.05) is 6.54 Å². The van der Waals surface area contributed by atoms with Gasteiger partial charge in [-0.25, -0.2) is 0 Å². The number of nitrogens with one attached hydrogen (secondary N) is 1. The molecule has 1 saturated heterocycles. The van der Waals surface area contributed by atoms with E-state index in [1.165, 1.54) is 13.3 Å². The number of piperidine rings is 1. The smallest absolute Gasteiger partial charge is 0.234 e. The van der Waals surface area contributed by atoms with Crippen LogP contribution in [0.3, 0.4) is 0 Å². The first kappa shape index (κ1) is 10.5. The van der Waals surface area contributed by atoms with E-state index in [1.807, 2.05) is 0 Å². The maximum Gasteiger partial charge on any atom is 0.234 e. The van der Waals surface area contributed by atoms with Crippen molar-refractivity contribution in [1.82, 2.24) is 5.32 Å². The van der Waals surface area contributed by atoms with Crippen LogP contribution < -0.4 is 11.1 Å². The highest BCUT2D eigenvalue weighted by molar-refractivity contribution is 6.62. The molecule has 3 N–H and O–H groups in total. The van der Waals surface area contributed by atoms with E-state index in [9.17, 15) is 9.59 Å². The van der Waals surface area contributed by atoms with Crippen LogP contribution in [0.4, 0.5) is 0 Å². The topological polar surface area (TPSA) is 72.2 Å². The van der Waals surface area contributed by atoms with Gasteiger partial charge in [0.05, 0.1) is 6.04 Å². The van der Waals surface area contributed by atoms with Crippen LogP contribution in [0.5, 0.6) is 0 Å². The van der Waals surface area contributed by atoms with E-state index in [1.54, 1.807) is 0 Å². The normalized spacial score (nSPS) is 34.2. The Kier molecular flexibility index (Phi) is 3.27. The minimum atomic E-state index is -0.361. The van der Waals surface area contributed by atoms with Crippen molar-refractivity contribution >= 4 is 22.8 Å². The molecule has 3 unspecified atom stereocenters. The van der Waals surface area contributed by atoms with Gasteiger partial charge in [0.25, 0.3) is 0 Å². The Morgan fingerprint density at radius 3 is 2.23 bits per heavy atom. The fourth-order valence-electron chi connectivity index (χ4n) is 1.66. The minimum Gasteiger partial charge on any atom is -0.368 e. The van der Waals surface area contributed by atoms with E-state index in [0.29, 0.717) is 5.92 Å². The molecule has 3 atom stereocenters. The molecule has 0 radical (unpaired) electrons. The number of nitrogens with two attached hydrogens (primary N) is 1. The van der Waals surface area contributed by atoms with Crippen LogP contribution in [0.25, 0.3) is 0 Å². The van der Waals surface area contributed by atoms with Crippen molar-refractivity contribution in [2.45, 2.75) is 19.4 Å². The van der Waals surface area contributed by atoms with E-state index in [4.69, 9.17) is 5.73 Å². The Morgan fingerprint density at radius 1 is 1.54 bits per heavy atom. The molecule has 1 aliphatic heterocycles. The van der Waals surface area contributed by atoms with Crippen molar-refractivity contribution in [1.29, 1.82) is 0 Å². The summed E-state index contributed by atoms with van der Waals surface area (Å²) in [7, 11) is 0. The SMILES string of the molecule is CC(=O)Cl.NC(=O)C1NCC2CC21. The number of primary amides is 1. The predicted molar refractivity (Wildman–Crippen MR) is 49.1 cm³/mol. The van der Waals surface area contributed by atoms with Gasteiger partial charge < -0.3 is 11.1 Å². The zero-order chi connectivity index (χ0) is 10.0. The summed E-state index contributed by atoms with van der Waals surface area (Å²) in [5.74, 6) is 1.17. The van der Waals surface area contributed by atoms with Crippen molar-refractivity contribution in [2.24, 2.45) is 17.6 Å². The highest BCUT2D eigenvalue weighted by Gasteiger charge is 2.50. The lowest BCUT2D eigenvalue weighted by atomic mass is 10.2. The fraction of sp³-hybridized carbons (Fsp3) is 0.750. The van der Waals surface area contributed by atoms with Crippen LogP contribution in [-0.2, 0) is 9.59 Å². The highest BCUT2D eigenvalue weighted by atomic mass is 35.5. The van der Waals surface area contributed by atoms with Gasteiger partial charge in [0.15, 0.2) is 0 Å². The molecule has 0 aromatic heterocycles. The molecule has 1 amide bonds. The van der Waals surface area contributed by atoms with Crippen LogP contribution in [0.1, 0.15) is 13.3 Å². The number of carbonyl (C=O) groups is 2. The van der Waals surface area contributed by atoms with Crippen LogP contribution in [0.15, 0.2) is 0 Å². The number of halogens is 1. The molecule has 1 heterocycles. The predicted octanol–water partition coefficient (Wildman–Crippen LogP) is -0.149. The molecular formula is C8H13ClN2O2. The number of amides is 1. The summed E-state index contributed by atoms with van der Waals surface area (Å²) >= 11 is 4.64. The van der Waals surface area contributed by atoms with Crippen molar-refractivity contribution in [3.05, 3.63) is 0 Å². The first-order valence-corrected chi connectivity index (χ1v) is 4.59. The summed E-state index contributed by atoms with van der Waals surface area (Å²) < 4.78 is 0. The van der Waals surface area contributed by atoms with Gasteiger partial charge in [0.2, 0.25) is 11.1 Å². The zero-order valence-corrected chi connectivity index (χ0v) is 8.17. The molecule has 5 heteroatoms. The van der Waals surface area contributed by atoms with Crippen LogP contribution in [0, 0.1) is 11.8 Å². The van der Waals surface area contributed by atoms with Crippen molar-refractivity contribution in [3.8, 4) is 0 Å². The van der Waals surface area contributed by atoms with Gasteiger partial charge in [-0.15, -0.1) is 0 Å². The molecule has 0 aromatic rings. The Balaban J connectivity index is 0.000000184. The van der Waals surface area contributed by atoms with Gasteiger partial charge in [0, 0.05) is 6.92 Å². The number of fused-ring (bicyclic) bond motifs is 1. The monoisotopic (exact) mass is 204 g/mol. The third-order valence-electron chi connectivity index (χ3n) is 2.31. The molecule has 1 aliphatic carbocycles. The largest absolute Gasteiger partial charge is 0.368 e. The van der Waals surface area contributed by atoms with Gasteiger partial charge >= 0.3 is 0 Å². The molecular weight excluding hydrogens is 192 g/mol. The molecule has 2 aliphatic rings. The fourth-order valence-corrected chi connectivity index (χ4v) is 1.66. The van der Waals surface area contributed by atoms with Crippen LogP contribution in [-0.4, -0.2) is 23.7 Å². The van der Waals surface area contributed by atoms with E-state index in [0.717, 1.165) is 12.5 Å². The molecule has 0 aromatic carbocycles. The quantitative estimate of drug-likeness (QED) is 0.584. The Bertz CT molecular complexity index is 228. The van der Waals surface area contributed by atoms with Crippen molar-refractivity contribution in [3.63, 3.8) is 0 Å². The molecule has 2 rings (SSSR count). The highest BCUT2D eigenvalue weighted by Crippen LogP contribution is 2.44. The van der Waals surface area contributed by atoms with Gasteiger partial charge in [-0.1, -0.05) is 0 Å². The van der Waals surface area contributed by atoms with Gasteiger partial charge in [-0.3, -0.25) is 9.59 Å². The molecule has 13 heavy (non-hydrogen) atoms. The molecule has 0 spiro atoms. The van der Waals surface area contributed by atoms with E-state index >= 15 is 0 Å². The average molecular weight is 205 g/mol. The van der Waals surface area contributed by atoms with Gasteiger partial charge in [-0.2, -0.15) is 0 Å². The second kappa shape index (κ2) is 4.07. The first-order valence-electron chi connectivity index (χ1n) is 4.21. The summed E-state index contributed by atoms with van der Waals surface area (Å²) in [6.07, 6.45) is 1.21.